The molecular weight excluding hydrogens is 284 g/mol. The number of rotatable bonds is 8. The van der Waals surface area contributed by atoms with Crippen LogP contribution in [0.4, 0.5) is 0 Å². The summed E-state index contributed by atoms with van der Waals surface area (Å²) in [5.74, 6) is -1.29. The fourth-order valence-electron chi connectivity index (χ4n) is 1.75. The molecule has 7 nitrogen and oxygen atoms in total. The van der Waals surface area contributed by atoms with Crippen LogP contribution in [0.3, 0.4) is 0 Å². The minimum atomic E-state index is -3.45. The molecule has 0 saturated heterocycles. The van der Waals surface area contributed by atoms with Crippen molar-refractivity contribution in [3.63, 3.8) is 0 Å². The van der Waals surface area contributed by atoms with E-state index in [1.165, 1.54) is 26.0 Å². The van der Waals surface area contributed by atoms with E-state index in [4.69, 9.17) is 0 Å². The van der Waals surface area contributed by atoms with E-state index in [1.54, 1.807) is 13.8 Å². The molecule has 0 aromatic heterocycles. The van der Waals surface area contributed by atoms with E-state index in [9.17, 15) is 18.0 Å². The van der Waals surface area contributed by atoms with Gasteiger partial charge in [-0.3, -0.25) is 9.59 Å². The normalized spacial score (nSPS) is 14.4. The van der Waals surface area contributed by atoms with Crippen LogP contribution in [0, 0.1) is 5.92 Å². The lowest BCUT2D eigenvalue weighted by atomic mass is 10.1. The Balaban J connectivity index is 4.54. The van der Waals surface area contributed by atoms with E-state index in [-0.39, 0.29) is 18.2 Å². The molecule has 20 heavy (non-hydrogen) atoms. The third kappa shape index (κ3) is 6.33. The van der Waals surface area contributed by atoms with Crippen LogP contribution in [-0.2, 0) is 24.3 Å². The van der Waals surface area contributed by atoms with Crippen molar-refractivity contribution in [2.45, 2.75) is 33.2 Å². The van der Waals surface area contributed by atoms with E-state index in [0.29, 0.717) is 6.42 Å². The average Bonchev–Trinajstić information content (AvgIpc) is 2.35. The third-order valence-corrected chi connectivity index (χ3v) is 4.39. The predicted octanol–water partition coefficient (Wildman–Crippen LogP) is -0.0282. The number of ether oxygens (including phenoxy) is 1. The second-order valence-electron chi connectivity index (χ2n) is 4.80. The van der Waals surface area contributed by atoms with E-state index in [1.807, 2.05) is 0 Å². The van der Waals surface area contributed by atoms with E-state index >= 15 is 0 Å². The van der Waals surface area contributed by atoms with Crippen LogP contribution in [0.2, 0.25) is 0 Å². The highest BCUT2D eigenvalue weighted by atomic mass is 32.2. The van der Waals surface area contributed by atoms with Gasteiger partial charge in [-0.2, -0.15) is 0 Å². The van der Waals surface area contributed by atoms with Crippen LogP contribution in [0.25, 0.3) is 0 Å². The first kappa shape index (κ1) is 18.9. The number of likely N-dealkylation sites (N-methyl/N-ethyl adjacent to an activating group) is 1. The number of nitrogens with zero attached hydrogens (tertiary/aromatic N) is 1. The fraction of sp³-hybridized carbons (Fsp3) is 0.833. The monoisotopic (exact) mass is 308 g/mol. The standard InChI is InChI=1S/C12H24N2O5S/c1-6-7-20(17,18)13-10(3)11(15)14(4)8-9(2)12(16)19-5/h9-10,13H,6-8H2,1-5H3. The minimum Gasteiger partial charge on any atom is -0.469 e. The number of methoxy groups -OCH3 is 1. The number of hydrogen-bond donors (Lipinski definition) is 1. The molecule has 1 N–H and O–H groups in total. The molecule has 0 bridgehead atoms. The van der Waals surface area contributed by atoms with Gasteiger partial charge in [-0.15, -0.1) is 0 Å². The Morgan fingerprint density at radius 1 is 1.30 bits per heavy atom. The van der Waals surface area contributed by atoms with Crippen molar-refractivity contribution in [2.24, 2.45) is 5.92 Å². The SMILES string of the molecule is CCCS(=O)(=O)NC(C)C(=O)N(C)CC(C)C(=O)OC. The molecule has 0 saturated carbocycles. The second kappa shape index (κ2) is 8.21. The summed E-state index contributed by atoms with van der Waals surface area (Å²) in [7, 11) is -0.648. The zero-order valence-corrected chi connectivity index (χ0v) is 13.5. The maximum Gasteiger partial charge on any atom is 0.310 e. The van der Waals surface area contributed by atoms with Crippen LogP contribution in [0.5, 0.6) is 0 Å². The first-order valence-electron chi connectivity index (χ1n) is 6.47. The highest BCUT2D eigenvalue weighted by Crippen LogP contribution is 2.03. The number of nitrogens with one attached hydrogen (secondary N) is 1. The molecule has 1 amide bonds. The number of sulfonamides is 1. The predicted molar refractivity (Wildman–Crippen MR) is 75.5 cm³/mol. The minimum absolute atomic E-state index is 0.0209. The number of amides is 1. The van der Waals surface area contributed by atoms with Gasteiger partial charge in [-0.25, -0.2) is 13.1 Å². The Morgan fingerprint density at radius 2 is 1.85 bits per heavy atom. The van der Waals surface area contributed by atoms with Crippen molar-refractivity contribution in [2.75, 3.05) is 26.5 Å². The highest BCUT2D eigenvalue weighted by molar-refractivity contribution is 7.89. The number of carbonyl (C=O) groups excluding carboxylic acids is 2. The summed E-state index contributed by atoms with van der Waals surface area (Å²) in [5.41, 5.74) is 0. The van der Waals surface area contributed by atoms with E-state index < -0.39 is 28.0 Å². The zero-order chi connectivity index (χ0) is 15.9. The van der Waals surface area contributed by atoms with Crippen molar-refractivity contribution in [3.05, 3.63) is 0 Å². The molecule has 2 atom stereocenters. The smallest absolute Gasteiger partial charge is 0.310 e. The molecule has 0 aliphatic heterocycles. The van der Waals surface area contributed by atoms with E-state index in [0.717, 1.165) is 0 Å². The van der Waals surface area contributed by atoms with Crippen LogP contribution < -0.4 is 4.72 Å². The van der Waals surface area contributed by atoms with Gasteiger partial charge in [0.25, 0.3) is 0 Å². The van der Waals surface area contributed by atoms with Gasteiger partial charge in [-0.1, -0.05) is 13.8 Å². The Kier molecular flexibility index (Phi) is 7.74. The van der Waals surface area contributed by atoms with Crippen molar-refractivity contribution in [1.29, 1.82) is 0 Å². The fourth-order valence-corrected chi connectivity index (χ4v) is 3.05. The largest absolute Gasteiger partial charge is 0.469 e. The molecule has 2 unspecified atom stereocenters. The number of carbonyl (C=O) groups is 2. The lowest BCUT2D eigenvalue weighted by Gasteiger charge is -2.24. The summed E-state index contributed by atoms with van der Waals surface area (Å²) in [5, 5.41) is 0. The van der Waals surface area contributed by atoms with Crippen molar-refractivity contribution in [1.82, 2.24) is 9.62 Å². The summed E-state index contributed by atoms with van der Waals surface area (Å²) in [6, 6.07) is -0.860. The summed E-state index contributed by atoms with van der Waals surface area (Å²) in [6.45, 7) is 5.04. The van der Waals surface area contributed by atoms with Crippen molar-refractivity contribution < 1.29 is 22.7 Å². The van der Waals surface area contributed by atoms with Gasteiger partial charge < -0.3 is 9.64 Å². The maximum absolute atomic E-state index is 12.0. The molecule has 0 spiro atoms. The first-order valence-corrected chi connectivity index (χ1v) is 8.12. The Hall–Kier alpha value is -1.15. The van der Waals surface area contributed by atoms with Crippen molar-refractivity contribution in [3.8, 4) is 0 Å². The Bertz CT molecular complexity index is 435. The Morgan fingerprint density at radius 3 is 2.30 bits per heavy atom. The number of hydrogen-bond acceptors (Lipinski definition) is 5. The van der Waals surface area contributed by atoms with Gasteiger partial charge in [0, 0.05) is 13.6 Å². The highest BCUT2D eigenvalue weighted by Gasteiger charge is 2.25. The summed E-state index contributed by atoms with van der Waals surface area (Å²) < 4.78 is 30.1. The third-order valence-electron chi connectivity index (χ3n) is 2.73. The van der Waals surface area contributed by atoms with Crippen LogP contribution in [0.15, 0.2) is 0 Å². The molecule has 0 fully saturated rings. The van der Waals surface area contributed by atoms with Gasteiger partial charge in [0.05, 0.1) is 24.8 Å². The molecule has 0 aliphatic rings. The second-order valence-corrected chi connectivity index (χ2v) is 6.67. The molecular formula is C12H24N2O5S. The lowest BCUT2D eigenvalue weighted by molar-refractivity contribution is -0.146. The van der Waals surface area contributed by atoms with Crippen LogP contribution >= 0.6 is 0 Å². The molecule has 118 valence electrons. The molecule has 0 radical (unpaired) electrons. The molecule has 0 rings (SSSR count). The molecule has 0 aliphatic carbocycles. The van der Waals surface area contributed by atoms with Gasteiger partial charge in [0.1, 0.15) is 0 Å². The Labute approximate surface area is 120 Å². The van der Waals surface area contributed by atoms with Gasteiger partial charge in [-0.05, 0) is 13.3 Å². The quantitative estimate of drug-likeness (QED) is 0.636. The van der Waals surface area contributed by atoms with Crippen LogP contribution in [0.1, 0.15) is 27.2 Å². The summed E-state index contributed by atoms with van der Waals surface area (Å²) in [6.07, 6.45) is 0.478. The first-order chi connectivity index (χ1) is 9.14. The van der Waals surface area contributed by atoms with Crippen LogP contribution in [-0.4, -0.2) is 57.7 Å². The van der Waals surface area contributed by atoms with E-state index in [2.05, 4.69) is 9.46 Å². The zero-order valence-electron chi connectivity index (χ0n) is 12.7. The topological polar surface area (TPSA) is 92.8 Å². The number of esters is 1. The van der Waals surface area contributed by atoms with Gasteiger partial charge in [0.15, 0.2) is 0 Å². The summed E-state index contributed by atoms with van der Waals surface area (Å²) >= 11 is 0. The van der Waals surface area contributed by atoms with Crippen molar-refractivity contribution >= 4 is 21.9 Å². The molecule has 0 aromatic carbocycles. The molecule has 8 heteroatoms. The summed E-state index contributed by atoms with van der Waals surface area (Å²) in [4.78, 5) is 24.6. The molecule has 0 heterocycles. The van der Waals surface area contributed by atoms with Gasteiger partial charge in [0.2, 0.25) is 15.9 Å². The lowest BCUT2D eigenvalue weighted by Crippen LogP contribution is -2.47. The molecule has 0 aromatic rings. The average molecular weight is 308 g/mol. The maximum atomic E-state index is 12.0. The van der Waals surface area contributed by atoms with Gasteiger partial charge >= 0.3 is 5.97 Å².